The first-order valence-corrected chi connectivity index (χ1v) is 25.4. The summed E-state index contributed by atoms with van der Waals surface area (Å²) in [7, 11) is -2.40. The van der Waals surface area contributed by atoms with Gasteiger partial charge in [0.25, 0.3) is 5.91 Å². The van der Waals surface area contributed by atoms with Crippen LogP contribution in [0, 0.1) is 25.6 Å². The summed E-state index contributed by atoms with van der Waals surface area (Å²) in [4.78, 5) is 48.7. The number of ether oxygens (including phenoxy) is 2. The first-order chi connectivity index (χ1) is 33.4. The number of fused-ring (bicyclic) bond motifs is 2. The van der Waals surface area contributed by atoms with E-state index < -0.39 is 38.6 Å². The summed E-state index contributed by atoms with van der Waals surface area (Å²) >= 11 is 0. The van der Waals surface area contributed by atoms with Crippen molar-refractivity contribution in [1.29, 1.82) is 0 Å². The van der Waals surface area contributed by atoms with Crippen molar-refractivity contribution in [3.63, 3.8) is 0 Å². The predicted octanol–water partition coefficient (Wildman–Crippen LogP) is 6.87. The number of hydrogen-bond acceptors (Lipinski definition) is 10. The lowest BCUT2D eigenvalue weighted by molar-refractivity contribution is -0.0593. The molecule has 17 nitrogen and oxygen atoms in total. The third-order valence-corrected chi connectivity index (χ3v) is 17.0. The van der Waals surface area contributed by atoms with E-state index in [1.165, 1.54) is 28.3 Å². The summed E-state index contributed by atoms with van der Waals surface area (Å²) in [6.07, 6.45) is 6.89. The molecule has 366 valence electrons. The Morgan fingerprint density at radius 3 is 2.26 bits per heavy atom. The Hall–Kier alpha value is -6.41. The van der Waals surface area contributed by atoms with Crippen LogP contribution in [0.25, 0.3) is 28.1 Å². The van der Waals surface area contributed by atoms with E-state index in [9.17, 15) is 18.0 Å². The van der Waals surface area contributed by atoms with Crippen LogP contribution in [-0.2, 0) is 31.5 Å². The van der Waals surface area contributed by atoms with Gasteiger partial charge in [0, 0.05) is 55.1 Å². The van der Waals surface area contributed by atoms with Crippen LogP contribution in [0.3, 0.4) is 0 Å². The molecule has 4 aliphatic rings. The molecule has 1 saturated carbocycles. The van der Waals surface area contributed by atoms with Gasteiger partial charge < -0.3 is 18.9 Å². The molecular formula is C51H56FN9O8S. The maximum Gasteiger partial charge on any atom is 0.438 e. The first kappa shape index (κ1) is 46.0. The molecule has 0 radical (unpaired) electrons. The molecule has 11 rings (SSSR count). The van der Waals surface area contributed by atoms with E-state index in [1.54, 1.807) is 55.2 Å². The molecular weight excluding hydrogens is 918 g/mol. The van der Waals surface area contributed by atoms with Crippen LogP contribution in [0.15, 0.2) is 92.1 Å². The van der Waals surface area contributed by atoms with E-state index in [-0.39, 0.29) is 34.1 Å². The lowest BCUT2D eigenvalue weighted by atomic mass is 9.77. The van der Waals surface area contributed by atoms with Gasteiger partial charge >= 0.3 is 11.4 Å². The van der Waals surface area contributed by atoms with Crippen LogP contribution in [0.4, 0.5) is 4.39 Å². The Morgan fingerprint density at radius 2 is 1.61 bits per heavy atom. The number of aromatic amines is 1. The molecule has 7 aromatic rings. The summed E-state index contributed by atoms with van der Waals surface area (Å²) in [6.45, 7) is 13.1. The largest absolute Gasteiger partial charge is 0.438 e. The van der Waals surface area contributed by atoms with E-state index in [2.05, 4.69) is 58.4 Å². The first-order valence-electron chi connectivity index (χ1n) is 23.9. The fourth-order valence-electron chi connectivity index (χ4n) is 11.9. The molecule has 2 saturated heterocycles. The highest BCUT2D eigenvalue weighted by Crippen LogP contribution is 2.57. The number of H-pyrrole nitrogens is 1. The Balaban J connectivity index is 1.10. The molecule has 3 aromatic carbocycles. The second-order valence-electron chi connectivity index (χ2n) is 20.3. The Kier molecular flexibility index (Phi) is 10.7. The van der Waals surface area contributed by atoms with Gasteiger partial charge in [0.1, 0.15) is 22.9 Å². The number of aromatic nitrogens is 7. The summed E-state index contributed by atoms with van der Waals surface area (Å²) in [5.41, 5.74) is 3.04. The maximum absolute atomic E-state index is 16.3. The number of carbonyl (C=O) groups is 1. The van der Waals surface area contributed by atoms with Gasteiger partial charge in [0.05, 0.1) is 39.1 Å². The minimum atomic E-state index is -3.73. The minimum absolute atomic E-state index is 0.0268. The molecule has 3 fully saturated rings. The summed E-state index contributed by atoms with van der Waals surface area (Å²) in [5, 5.41) is 10.4. The van der Waals surface area contributed by atoms with Crippen molar-refractivity contribution in [2.45, 2.75) is 114 Å². The van der Waals surface area contributed by atoms with Crippen molar-refractivity contribution >= 4 is 26.8 Å². The number of sulfonamides is 1. The average molecular weight is 974 g/mol. The number of rotatable bonds is 9. The van der Waals surface area contributed by atoms with Crippen molar-refractivity contribution in [2.75, 3.05) is 26.9 Å². The highest BCUT2D eigenvalue weighted by Gasteiger charge is 2.60. The summed E-state index contributed by atoms with van der Waals surface area (Å²) < 4.78 is 66.6. The molecule has 4 atom stereocenters. The van der Waals surface area contributed by atoms with Crippen molar-refractivity contribution in [3.05, 3.63) is 139 Å². The summed E-state index contributed by atoms with van der Waals surface area (Å²) in [5.74, 6) is -0.334. The molecule has 1 amide bonds. The van der Waals surface area contributed by atoms with Gasteiger partial charge in [-0.25, -0.2) is 31.8 Å². The van der Waals surface area contributed by atoms with Gasteiger partial charge in [-0.1, -0.05) is 18.1 Å². The number of carbonyl (C=O) groups excluding carboxylic acids is 1. The number of imidazole rings is 1. The van der Waals surface area contributed by atoms with Gasteiger partial charge in [0.15, 0.2) is 5.82 Å². The number of benzene rings is 3. The van der Waals surface area contributed by atoms with E-state index in [4.69, 9.17) is 19.1 Å². The zero-order valence-electron chi connectivity index (χ0n) is 40.2. The molecule has 4 aromatic heterocycles. The van der Waals surface area contributed by atoms with Crippen LogP contribution < -0.4 is 16.2 Å². The van der Waals surface area contributed by atoms with Gasteiger partial charge in [0.2, 0.25) is 10.0 Å². The highest BCUT2D eigenvalue weighted by atomic mass is 32.2. The molecule has 1 spiro atoms. The van der Waals surface area contributed by atoms with E-state index in [0.717, 1.165) is 29.3 Å². The third kappa shape index (κ3) is 7.17. The zero-order valence-corrected chi connectivity index (χ0v) is 41.0. The van der Waals surface area contributed by atoms with Gasteiger partial charge in [-0.15, -0.1) is 0 Å². The van der Waals surface area contributed by atoms with E-state index in [1.807, 2.05) is 17.9 Å². The Morgan fingerprint density at radius 1 is 0.914 bits per heavy atom. The number of halogens is 1. The molecule has 3 aliphatic heterocycles. The fraction of sp³-hybridized carbons (Fsp3) is 0.431. The number of nitrogens with one attached hydrogen (secondary N) is 2. The van der Waals surface area contributed by atoms with Crippen molar-refractivity contribution in [3.8, 4) is 17.2 Å². The third-order valence-electron chi connectivity index (χ3n) is 15.5. The van der Waals surface area contributed by atoms with Gasteiger partial charge in [-0.2, -0.15) is 5.10 Å². The molecule has 70 heavy (non-hydrogen) atoms. The van der Waals surface area contributed by atoms with Crippen LogP contribution in [-0.4, -0.2) is 90.9 Å². The van der Waals surface area contributed by atoms with Crippen LogP contribution in [0.5, 0.6) is 0 Å². The Bertz CT molecular complexity index is 3460. The molecule has 1 aliphatic carbocycles. The number of nitrogens with zero attached hydrogens (tertiary/aromatic N) is 7. The van der Waals surface area contributed by atoms with Crippen LogP contribution >= 0.6 is 0 Å². The number of hydrogen-bond donors (Lipinski definition) is 2. The average Bonchev–Trinajstić information content (AvgIpc) is 3.82. The summed E-state index contributed by atoms with van der Waals surface area (Å²) in [6, 6.07) is 17.1. The van der Waals surface area contributed by atoms with E-state index >= 15 is 9.18 Å². The lowest BCUT2D eigenvalue weighted by Gasteiger charge is -2.52. The number of amides is 1. The second-order valence-corrected chi connectivity index (χ2v) is 22.2. The molecule has 7 heterocycles. The van der Waals surface area contributed by atoms with Gasteiger partial charge in [-0.3, -0.25) is 23.4 Å². The smallest absolute Gasteiger partial charge is 0.381 e. The molecule has 0 unspecified atom stereocenters. The monoisotopic (exact) mass is 973 g/mol. The minimum Gasteiger partial charge on any atom is -0.381 e. The topological polar surface area (TPSA) is 194 Å². The highest BCUT2D eigenvalue weighted by molar-refractivity contribution is 7.89. The molecule has 19 heteroatoms. The van der Waals surface area contributed by atoms with Crippen molar-refractivity contribution in [1.82, 2.24) is 43.2 Å². The van der Waals surface area contributed by atoms with Crippen LogP contribution in [0.2, 0.25) is 0 Å². The quantitative estimate of drug-likeness (QED) is 0.154. The maximum atomic E-state index is 16.3. The standard InChI is InChI=1S/C51H56FN9O8S/c1-29-22-37(23-30(2)43(29)52)61-44(58-18-17-57(48(58)64)36-9-11-38(12-10-36)70(65,66)53-7)42-32(4)59(50(28-39(42)55-61)15-20-67-21-16-50)45(62)41-25-35-24-33(34-14-19-68-49(5,6)27-34)8-13-40(35)60(41)51(26-31(51)3)46-54-47(63)69-56-46/h8-13,17-18,22-25,31-32,34,53H,14-16,19-21,26-28H2,1-7H3,(H,54,56,63)/t31-,32-,34-,51-/m0/s1. The van der Waals surface area contributed by atoms with Gasteiger partial charge in [-0.05, 0) is 157 Å². The predicted molar refractivity (Wildman–Crippen MR) is 257 cm³/mol. The van der Waals surface area contributed by atoms with Crippen molar-refractivity contribution < 1.29 is 31.6 Å². The van der Waals surface area contributed by atoms with E-state index in [0.29, 0.717) is 96.6 Å². The van der Waals surface area contributed by atoms with Crippen molar-refractivity contribution in [2.24, 2.45) is 5.92 Å². The van der Waals surface area contributed by atoms with Crippen LogP contribution in [0.1, 0.15) is 116 Å². The number of aryl methyl sites for hydroxylation is 2. The SMILES string of the molecule is CNS(=O)(=O)c1ccc(-n2ccn(-c3c4c(nn3-c3cc(C)c(F)c(C)c3)CC3(CCOCC3)N(C(=O)c3cc5cc([C@H]6CCOC(C)(C)C6)ccc5n3[C@@]3(c5noc(=O)[nH]5)C[C@@H]3C)[C@H]4C)c2=O)cc1. The lowest BCUT2D eigenvalue weighted by Crippen LogP contribution is -2.59. The molecule has 2 N–H and O–H groups in total. The fourth-order valence-corrected chi connectivity index (χ4v) is 12.6. The second kappa shape index (κ2) is 16.3. The molecule has 0 bridgehead atoms. The Labute approximate surface area is 403 Å². The zero-order chi connectivity index (χ0) is 49.2. The normalized spacial score (nSPS) is 23.0.